The van der Waals surface area contributed by atoms with Gasteiger partial charge < -0.3 is 9.47 Å². The predicted octanol–water partition coefficient (Wildman–Crippen LogP) is 4.04. The molecule has 2 aromatic carbocycles. The summed E-state index contributed by atoms with van der Waals surface area (Å²) in [5.41, 5.74) is 1.26. The molecule has 0 aliphatic carbocycles. The minimum Gasteiger partial charge on any atom is -0.497 e. The van der Waals surface area contributed by atoms with E-state index in [4.69, 9.17) is 9.47 Å². The summed E-state index contributed by atoms with van der Waals surface area (Å²) in [4.78, 5) is 15.5. The number of carbonyl (C=O) groups is 1. The zero-order chi connectivity index (χ0) is 15.1. The number of aliphatic imine (C=N–C) groups is 1. The number of nitrogens with zero attached hydrogens (tertiary/aromatic N) is 1. The molecule has 5 nitrogen and oxygen atoms in total. The lowest BCUT2D eigenvalue weighted by atomic mass is 10.3. The van der Waals surface area contributed by atoms with Crippen LogP contribution < -0.4 is 14.8 Å². The normalized spacial score (nSPS) is 9.38. The van der Waals surface area contributed by atoms with Gasteiger partial charge in [0.25, 0.3) is 0 Å². The third kappa shape index (κ3) is 4.42. The molecule has 0 bridgehead atoms. The number of amides is 1. The van der Waals surface area contributed by atoms with Crippen LogP contribution in [0.3, 0.4) is 0 Å². The van der Waals surface area contributed by atoms with Crippen molar-refractivity contribution in [3.8, 4) is 11.5 Å². The van der Waals surface area contributed by atoms with E-state index in [9.17, 15) is 4.79 Å². The molecule has 21 heavy (non-hydrogen) atoms. The summed E-state index contributed by atoms with van der Waals surface area (Å²) in [6.45, 7) is 0. The first-order valence-corrected chi connectivity index (χ1v) is 6.43. The maximum atomic E-state index is 11.7. The topological polar surface area (TPSA) is 59.9 Å². The lowest BCUT2D eigenvalue weighted by Crippen LogP contribution is -2.16. The monoisotopic (exact) mass is 300 g/mol. The number of anilines is 1. The first kappa shape index (κ1) is 14.7. The zero-order valence-corrected chi connectivity index (χ0v) is 12.0. The number of ether oxygens (including phenoxy) is 2. The minimum absolute atomic E-state index is 0.407. The Hall–Kier alpha value is -2.69. The number of hydrogen-bond acceptors (Lipinski definition) is 5. The van der Waals surface area contributed by atoms with Crippen LogP contribution in [0.2, 0.25) is 0 Å². The van der Waals surface area contributed by atoms with E-state index in [2.05, 4.69) is 27.7 Å². The van der Waals surface area contributed by atoms with Crippen LogP contribution in [0.15, 0.2) is 53.5 Å². The molecule has 0 fully saturated rings. The maximum Gasteiger partial charge on any atom is 0.417 e. The SMILES string of the molecule is COc1ccc(NC(=O)Oc2ccc(N=C=S)cc2)cc1. The van der Waals surface area contributed by atoms with E-state index in [1.54, 1.807) is 55.6 Å². The van der Waals surface area contributed by atoms with Crippen molar-refractivity contribution >= 4 is 34.8 Å². The van der Waals surface area contributed by atoms with Crippen LogP contribution in [0.1, 0.15) is 0 Å². The van der Waals surface area contributed by atoms with Crippen LogP contribution in [0.4, 0.5) is 16.2 Å². The summed E-state index contributed by atoms with van der Waals surface area (Å²) in [5.74, 6) is 1.12. The second-order valence-electron chi connectivity index (χ2n) is 3.94. The number of isothiocyanates is 1. The van der Waals surface area contributed by atoms with Gasteiger partial charge in [0.2, 0.25) is 0 Å². The second kappa shape index (κ2) is 7.19. The van der Waals surface area contributed by atoms with Gasteiger partial charge in [0, 0.05) is 5.69 Å². The average Bonchev–Trinajstić information content (AvgIpc) is 2.50. The summed E-state index contributed by atoms with van der Waals surface area (Å²) >= 11 is 4.51. The van der Waals surface area contributed by atoms with Gasteiger partial charge in [0.1, 0.15) is 11.5 Å². The first-order valence-electron chi connectivity index (χ1n) is 6.02. The molecule has 0 saturated carbocycles. The van der Waals surface area contributed by atoms with Gasteiger partial charge in [-0.25, -0.2) is 4.79 Å². The van der Waals surface area contributed by atoms with E-state index in [-0.39, 0.29) is 0 Å². The second-order valence-corrected chi connectivity index (χ2v) is 4.12. The van der Waals surface area contributed by atoms with E-state index in [1.165, 1.54) is 0 Å². The molecule has 2 rings (SSSR count). The average molecular weight is 300 g/mol. The highest BCUT2D eigenvalue weighted by molar-refractivity contribution is 7.78. The van der Waals surface area contributed by atoms with Gasteiger partial charge in [-0.3, -0.25) is 5.32 Å². The van der Waals surface area contributed by atoms with Crippen LogP contribution in [0.5, 0.6) is 11.5 Å². The highest BCUT2D eigenvalue weighted by Crippen LogP contribution is 2.19. The molecule has 0 heterocycles. The van der Waals surface area contributed by atoms with Gasteiger partial charge in [-0.1, -0.05) is 0 Å². The van der Waals surface area contributed by atoms with Crippen molar-refractivity contribution < 1.29 is 14.3 Å². The molecule has 2 aromatic rings. The van der Waals surface area contributed by atoms with Crippen molar-refractivity contribution in [2.45, 2.75) is 0 Å². The summed E-state index contributed by atoms with van der Waals surface area (Å²) in [5, 5.41) is 4.88. The van der Waals surface area contributed by atoms with E-state index < -0.39 is 6.09 Å². The molecule has 0 saturated heterocycles. The molecule has 106 valence electrons. The molecule has 0 aromatic heterocycles. The van der Waals surface area contributed by atoms with Crippen molar-refractivity contribution in [3.05, 3.63) is 48.5 Å². The fraction of sp³-hybridized carbons (Fsp3) is 0.0667. The van der Waals surface area contributed by atoms with Crippen LogP contribution in [0.25, 0.3) is 0 Å². The van der Waals surface area contributed by atoms with Crippen molar-refractivity contribution in [1.29, 1.82) is 0 Å². The largest absolute Gasteiger partial charge is 0.497 e. The van der Waals surface area contributed by atoms with Crippen LogP contribution in [-0.4, -0.2) is 18.4 Å². The third-order valence-corrected chi connectivity index (χ3v) is 2.65. The van der Waals surface area contributed by atoms with E-state index >= 15 is 0 Å². The zero-order valence-electron chi connectivity index (χ0n) is 11.2. The molecule has 0 unspecified atom stereocenters. The van der Waals surface area contributed by atoms with E-state index in [1.807, 2.05) is 0 Å². The standard InChI is InChI=1S/C15H12N2O3S/c1-19-13-6-4-12(5-7-13)17-15(18)20-14-8-2-11(3-9-14)16-10-21/h2-9H,1H3,(H,17,18). The number of rotatable bonds is 4. The summed E-state index contributed by atoms with van der Waals surface area (Å²) in [7, 11) is 1.58. The summed E-state index contributed by atoms with van der Waals surface area (Å²) in [6, 6.07) is 13.5. The van der Waals surface area contributed by atoms with Crippen LogP contribution >= 0.6 is 12.2 Å². The molecular weight excluding hydrogens is 288 g/mol. The molecule has 1 amide bonds. The fourth-order valence-electron chi connectivity index (χ4n) is 1.57. The Morgan fingerprint density at radius 1 is 1.10 bits per heavy atom. The lowest BCUT2D eigenvalue weighted by molar-refractivity contribution is 0.215. The molecular formula is C15H12N2O3S. The van der Waals surface area contributed by atoms with Crippen molar-refractivity contribution in [3.63, 3.8) is 0 Å². The molecule has 0 aliphatic rings. The van der Waals surface area contributed by atoms with Gasteiger partial charge in [0.15, 0.2) is 0 Å². The number of thiocarbonyl (C=S) groups is 1. The highest BCUT2D eigenvalue weighted by Gasteiger charge is 2.05. The molecule has 0 radical (unpaired) electrons. The quantitative estimate of drug-likeness (QED) is 0.684. The molecule has 0 aliphatic heterocycles. The van der Waals surface area contributed by atoms with E-state index in [0.29, 0.717) is 22.9 Å². The van der Waals surface area contributed by atoms with Crippen molar-refractivity contribution in [2.75, 3.05) is 12.4 Å². The van der Waals surface area contributed by atoms with E-state index in [0.717, 1.165) is 0 Å². The maximum absolute atomic E-state index is 11.7. The Kier molecular flexibility index (Phi) is 5.04. The van der Waals surface area contributed by atoms with Crippen LogP contribution in [0, 0.1) is 0 Å². The number of methoxy groups -OCH3 is 1. The smallest absolute Gasteiger partial charge is 0.417 e. The Morgan fingerprint density at radius 3 is 2.29 bits per heavy atom. The molecule has 0 spiro atoms. The Morgan fingerprint density at radius 2 is 1.71 bits per heavy atom. The number of carbonyl (C=O) groups excluding carboxylic acids is 1. The predicted molar refractivity (Wildman–Crippen MR) is 83.8 cm³/mol. The fourth-order valence-corrected chi connectivity index (χ4v) is 1.67. The van der Waals surface area contributed by atoms with Gasteiger partial charge in [-0.15, -0.1) is 0 Å². The van der Waals surface area contributed by atoms with Gasteiger partial charge in [0.05, 0.1) is 18.0 Å². The van der Waals surface area contributed by atoms with Crippen molar-refractivity contribution in [1.82, 2.24) is 0 Å². The lowest BCUT2D eigenvalue weighted by Gasteiger charge is -2.07. The molecule has 1 N–H and O–H groups in total. The minimum atomic E-state index is -0.578. The Balaban J connectivity index is 1.95. The summed E-state index contributed by atoms with van der Waals surface area (Å²) in [6.07, 6.45) is -0.578. The van der Waals surface area contributed by atoms with Gasteiger partial charge >= 0.3 is 6.09 Å². The number of hydrogen-bond donors (Lipinski definition) is 1. The molecule has 6 heteroatoms. The highest BCUT2D eigenvalue weighted by atomic mass is 32.1. The Labute approximate surface area is 127 Å². The summed E-state index contributed by atoms with van der Waals surface area (Å²) < 4.78 is 10.2. The number of nitrogens with one attached hydrogen (secondary N) is 1. The number of benzene rings is 2. The Bertz CT molecular complexity index is 662. The molecule has 0 atom stereocenters. The van der Waals surface area contributed by atoms with Crippen molar-refractivity contribution in [2.24, 2.45) is 4.99 Å². The van der Waals surface area contributed by atoms with Crippen LogP contribution in [-0.2, 0) is 0 Å². The van der Waals surface area contributed by atoms with Gasteiger partial charge in [-0.2, -0.15) is 4.99 Å². The first-order chi connectivity index (χ1) is 10.2. The third-order valence-electron chi connectivity index (χ3n) is 2.56. The van der Waals surface area contributed by atoms with Gasteiger partial charge in [-0.05, 0) is 60.7 Å².